The maximum atomic E-state index is 3.99. The van der Waals surface area contributed by atoms with Crippen molar-refractivity contribution in [3.63, 3.8) is 0 Å². The lowest BCUT2D eigenvalue weighted by molar-refractivity contribution is 0.567. The van der Waals surface area contributed by atoms with E-state index in [4.69, 9.17) is 0 Å². The van der Waals surface area contributed by atoms with Crippen LogP contribution in [0.25, 0.3) is 0 Å². The fourth-order valence-corrected chi connectivity index (χ4v) is 3.08. The van der Waals surface area contributed by atoms with Gasteiger partial charge in [0.1, 0.15) is 0 Å². The molecule has 0 radical (unpaired) electrons. The van der Waals surface area contributed by atoms with Gasteiger partial charge in [-0.05, 0) is 58.7 Å². The number of hydrogen-bond donors (Lipinski definition) is 0. The minimum atomic E-state index is 0.0700. The lowest BCUT2D eigenvalue weighted by atomic mass is 9.81. The second kappa shape index (κ2) is 7.09. The van der Waals surface area contributed by atoms with Gasteiger partial charge in [-0.2, -0.15) is 0 Å². The second-order valence-corrected chi connectivity index (χ2v) is 6.46. The van der Waals surface area contributed by atoms with Crippen molar-refractivity contribution in [3.8, 4) is 0 Å². The standard InChI is InChI=1S/C18H23I/c1-6-9-11-14-12-15(13-16(19)10-7-2)18(4,5)17(14)8-3/h7-11,13H,2-3,6,12H2,1,4-5H3/b11-9-,15-13+,16-10+. The van der Waals surface area contributed by atoms with Crippen LogP contribution in [0.2, 0.25) is 0 Å². The summed E-state index contributed by atoms with van der Waals surface area (Å²) < 4.78 is 1.22. The molecule has 0 fully saturated rings. The zero-order chi connectivity index (χ0) is 14.5. The Hall–Kier alpha value is -0.830. The maximum Gasteiger partial charge on any atom is 0.0130 e. The summed E-state index contributed by atoms with van der Waals surface area (Å²) in [5, 5.41) is 0. The molecule has 0 aromatic rings. The van der Waals surface area contributed by atoms with E-state index in [0.29, 0.717) is 0 Å². The van der Waals surface area contributed by atoms with E-state index in [9.17, 15) is 0 Å². The lowest BCUT2D eigenvalue weighted by Crippen LogP contribution is -2.11. The molecule has 1 heteroatoms. The third-order valence-electron chi connectivity index (χ3n) is 3.55. The molecule has 1 rings (SSSR count). The fraction of sp³-hybridized carbons (Fsp3) is 0.333. The first-order valence-corrected chi connectivity index (χ1v) is 7.77. The predicted molar refractivity (Wildman–Crippen MR) is 95.4 cm³/mol. The Labute approximate surface area is 131 Å². The molecule has 1 aliphatic rings. The fourth-order valence-electron chi connectivity index (χ4n) is 2.45. The molecule has 19 heavy (non-hydrogen) atoms. The van der Waals surface area contributed by atoms with Gasteiger partial charge in [-0.25, -0.2) is 0 Å². The van der Waals surface area contributed by atoms with Crippen molar-refractivity contribution in [2.45, 2.75) is 33.6 Å². The Morgan fingerprint density at radius 2 is 2.05 bits per heavy atom. The first-order chi connectivity index (χ1) is 8.97. The molecule has 0 unspecified atom stereocenters. The zero-order valence-corrected chi connectivity index (χ0v) is 14.3. The molecule has 0 heterocycles. The summed E-state index contributed by atoms with van der Waals surface area (Å²) in [7, 11) is 0. The van der Waals surface area contributed by atoms with Crippen molar-refractivity contribution in [2.75, 3.05) is 0 Å². The molecule has 0 bridgehead atoms. The average Bonchev–Trinajstić information content (AvgIpc) is 2.58. The molecule has 0 aliphatic heterocycles. The van der Waals surface area contributed by atoms with Crippen molar-refractivity contribution in [2.24, 2.45) is 5.41 Å². The Kier molecular flexibility index (Phi) is 6.05. The van der Waals surface area contributed by atoms with Gasteiger partial charge in [0.2, 0.25) is 0 Å². The highest BCUT2D eigenvalue weighted by molar-refractivity contribution is 14.1. The minimum Gasteiger partial charge on any atom is -0.0990 e. The van der Waals surface area contributed by atoms with Gasteiger partial charge in [0.05, 0.1) is 0 Å². The Balaban J connectivity index is 3.19. The maximum absolute atomic E-state index is 3.99. The van der Waals surface area contributed by atoms with E-state index >= 15 is 0 Å². The van der Waals surface area contributed by atoms with Gasteiger partial charge >= 0.3 is 0 Å². The molecule has 102 valence electrons. The van der Waals surface area contributed by atoms with E-state index in [1.807, 2.05) is 18.2 Å². The van der Waals surface area contributed by atoms with Crippen LogP contribution in [0, 0.1) is 5.41 Å². The molecule has 0 saturated heterocycles. The van der Waals surface area contributed by atoms with Crippen LogP contribution in [-0.4, -0.2) is 0 Å². The molecule has 1 aliphatic carbocycles. The molecular formula is C18H23I. The van der Waals surface area contributed by atoms with E-state index < -0.39 is 0 Å². The van der Waals surface area contributed by atoms with Gasteiger partial charge in [0, 0.05) is 8.99 Å². The van der Waals surface area contributed by atoms with Crippen LogP contribution < -0.4 is 0 Å². The van der Waals surface area contributed by atoms with Crippen LogP contribution in [0.3, 0.4) is 0 Å². The van der Waals surface area contributed by atoms with Gasteiger partial charge < -0.3 is 0 Å². The summed E-state index contributed by atoms with van der Waals surface area (Å²) in [6.07, 6.45) is 14.7. The summed E-state index contributed by atoms with van der Waals surface area (Å²) in [5.74, 6) is 0. The number of allylic oxidation sites excluding steroid dienone is 10. The van der Waals surface area contributed by atoms with Crippen molar-refractivity contribution in [1.29, 1.82) is 0 Å². The van der Waals surface area contributed by atoms with Crippen molar-refractivity contribution in [3.05, 3.63) is 69.9 Å². The molecule has 0 nitrogen and oxygen atoms in total. The number of rotatable bonds is 5. The topological polar surface area (TPSA) is 0 Å². The van der Waals surface area contributed by atoms with E-state index in [1.165, 1.54) is 20.3 Å². The van der Waals surface area contributed by atoms with E-state index in [2.05, 4.69) is 74.7 Å². The SMILES string of the molecule is C=C/C=C(I)\C=C1/CC(/C=C\CC)=C(C=C)C1(C)C. The summed E-state index contributed by atoms with van der Waals surface area (Å²) in [6, 6.07) is 0. The minimum absolute atomic E-state index is 0.0700. The average molecular weight is 366 g/mol. The third-order valence-corrected chi connectivity index (χ3v) is 4.22. The summed E-state index contributed by atoms with van der Waals surface area (Å²) >= 11 is 2.35. The molecule has 0 spiro atoms. The van der Waals surface area contributed by atoms with Crippen molar-refractivity contribution >= 4 is 22.6 Å². The van der Waals surface area contributed by atoms with Crippen LogP contribution in [0.15, 0.2) is 69.9 Å². The first kappa shape index (κ1) is 16.2. The largest absolute Gasteiger partial charge is 0.0990 e. The quantitative estimate of drug-likeness (QED) is 0.396. The van der Waals surface area contributed by atoms with E-state index in [-0.39, 0.29) is 5.41 Å². The second-order valence-electron chi connectivity index (χ2n) is 5.21. The summed E-state index contributed by atoms with van der Waals surface area (Å²) in [5.41, 5.74) is 4.27. The Morgan fingerprint density at radius 1 is 1.37 bits per heavy atom. The van der Waals surface area contributed by atoms with Gasteiger partial charge in [0.15, 0.2) is 0 Å². The number of halogens is 1. The normalized spacial score (nSPS) is 21.5. The van der Waals surface area contributed by atoms with Gasteiger partial charge in [-0.15, -0.1) is 0 Å². The van der Waals surface area contributed by atoms with Gasteiger partial charge in [-0.3, -0.25) is 0 Å². The Morgan fingerprint density at radius 3 is 2.58 bits per heavy atom. The summed E-state index contributed by atoms with van der Waals surface area (Å²) in [4.78, 5) is 0. The highest BCUT2D eigenvalue weighted by Gasteiger charge is 2.34. The van der Waals surface area contributed by atoms with Crippen LogP contribution in [0.4, 0.5) is 0 Å². The molecule has 0 saturated carbocycles. The molecule has 0 atom stereocenters. The van der Waals surface area contributed by atoms with Crippen LogP contribution in [0.5, 0.6) is 0 Å². The molecule has 0 aromatic heterocycles. The van der Waals surface area contributed by atoms with Gasteiger partial charge in [0.25, 0.3) is 0 Å². The van der Waals surface area contributed by atoms with Crippen molar-refractivity contribution in [1.82, 2.24) is 0 Å². The molecular weight excluding hydrogens is 343 g/mol. The zero-order valence-electron chi connectivity index (χ0n) is 12.2. The van der Waals surface area contributed by atoms with Crippen LogP contribution >= 0.6 is 22.6 Å². The molecule has 0 N–H and O–H groups in total. The summed E-state index contributed by atoms with van der Waals surface area (Å²) in [6.45, 7) is 14.5. The molecule has 0 amide bonds. The lowest BCUT2D eigenvalue weighted by Gasteiger charge is -2.23. The Bertz CT molecular complexity index is 482. The molecule has 0 aromatic carbocycles. The highest BCUT2D eigenvalue weighted by atomic mass is 127. The third kappa shape index (κ3) is 3.82. The van der Waals surface area contributed by atoms with Crippen molar-refractivity contribution < 1.29 is 0 Å². The van der Waals surface area contributed by atoms with E-state index in [0.717, 1.165) is 12.8 Å². The smallest absolute Gasteiger partial charge is 0.0130 e. The predicted octanol–water partition coefficient (Wildman–Crippen LogP) is 6.30. The van der Waals surface area contributed by atoms with Gasteiger partial charge in [-0.1, -0.05) is 63.8 Å². The van der Waals surface area contributed by atoms with Crippen LogP contribution in [-0.2, 0) is 0 Å². The highest BCUT2D eigenvalue weighted by Crippen LogP contribution is 2.48. The van der Waals surface area contributed by atoms with E-state index in [1.54, 1.807) is 0 Å². The number of hydrogen-bond acceptors (Lipinski definition) is 0. The first-order valence-electron chi connectivity index (χ1n) is 6.69. The van der Waals surface area contributed by atoms with Crippen LogP contribution in [0.1, 0.15) is 33.6 Å². The monoisotopic (exact) mass is 366 g/mol.